The minimum atomic E-state index is -0.309. The Morgan fingerprint density at radius 2 is 2.02 bits per heavy atom. The van der Waals surface area contributed by atoms with Crippen molar-refractivity contribution in [2.75, 3.05) is 36.9 Å². The highest BCUT2D eigenvalue weighted by atomic mass is 16.2. The number of anilines is 2. The number of nitrogens with one attached hydrogen (secondary N) is 3. The van der Waals surface area contributed by atoms with Gasteiger partial charge in [-0.25, -0.2) is 4.98 Å². The van der Waals surface area contributed by atoms with Crippen LogP contribution >= 0.6 is 0 Å². The van der Waals surface area contributed by atoms with Gasteiger partial charge in [-0.3, -0.25) is 9.59 Å². The van der Waals surface area contributed by atoms with E-state index in [4.69, 9.17) is 10.4 Å². The van der Waals surface area contributed by atoms with Crippen LogP contribution in [0.4, 0.5) is 11.8 Å². The third-order valence-corrected chi connectivity index (χ3v) is 7.99. The number of aromatic nitrogens is 2. The van der Waals surface area contributed by atoms with Crippen LogP contribution in [0.5, 0.6) is 0 Å². The number of nitrogens with zero attached hydrogens (tertiary/aromatic N) is 6. The van der Waals surface area contributed by atoms with E-state index in [1.807, 2.05) is 18.0 Å². The van der Waals surface area contributed by atoms with Gasteiger partial charge in [0.2, 0.25) is 17.8 Å². The van der Waals surface area contributed by atoms with Gasteiger partial charge in [-0.05, 0) is 57.6 Å². The van der Waals surface area contributed by atoms with E-state index in [0.29, 0.717) is 50.5 Å². The molecule has 1 unspecified atom stereocenters. The van der Waals surface area contributed by atoms with Crippen molar-refractivity contribution in [2.45, 2.75) is 64.1 Å². The molecule has 212 valence electrons. The van der Waals surface area contributed by atoms with Gasteiger partial charge in [0.05, 0.1) is 11.8 Å². The molecule has 0 bridgehead atoms. The molecule has 0 aromatic carbocycles. The molecule has 0 radical (unpaired) electrons. The molecule has 1 aromatic rings. The molecule has 3 N–H and O–H groups in total. The number of piperazine rings is 1. The van der Waals surface area contributed by atoms with Crippen LogP contribution in [0, 0.1) is 22.7 Å². The van der Waals surface area contributed by atoms with Gasteiger partial charge in [0, 0.05) is 68.9 Å². The molecule has 11 heteroatoms. The molecule has 3 aliphatic rings. The predicted octanol–water partition coefficient (Wildman–Crippen LogP) is 2.91. The molecule has 2 fully saturated rings. The Bertz CT molecular complexity index is 1250. The molecule has 0 spiro atoms. The molecular weight excluding hydrogens is 506 g/mol. The van der Waals surface area contributed by atoms with Crippen LogP contribution in [0.2, 0.25) is 0 Å². The van der Waals surface area contributed by atoms with Crippen LogP contribution in [0.1, 0.15) is 51.5 Å². The van der Waals surface area contributed by atoms with Crippen LogP contribution in [-0.2, 0) is 9.59 Å². The summed E-state index contributed by atoms with van der Waals surface area (Å²) in [4.78, 5) is 40.9. The molecule has 1 aliphatic carbocycles. The van der Waals surface area contributed by atoms with E-state index >= 15 is 0 Å². The fraction of sp³-hybridized carbons (Fsp3) is 0.517. The van der Waals surface area contributed by atoms with Crippen molar-refractivity contribution in [1.29, 1.82) is 10.7 Å². The third kappa shape index (κ3) is 6.01. The summed E-state index contributed by atoms with van der Waals surface area (Å²) in [5, 5.41) is 23.1. The molecule has 4 atom stereocenters. The van der Waals surface area contributed by atoms with Crippen molar-refractivity contribution in [2.24, 2.45) is 5.92 Å². The van der Waals surface area contributed by atoms with Gasteiger partial charge in [-0.2, -0.15) is 10.2 Å². The summed E-state index contributed by atoms with van der Waals surface area (Å²) in [7, 11) is 1.76. The second kappa shape index (κ2) is 12.8. The smallest absolute Gasteiger partial charge is 0.246 e. The molecule has 2 saturated heterocycles. The van der Waals surface area contributed by atoms with E-state index in [1.54, 1.807) is 18.1 Å². The molecule has 2 amide bonds. The summed E-state index contributed by atoms with van der Waals surface area (Å²) < 4.78 is 0. The third-order valence-electron chi connectivity index (χ3n) is 7.99. The number of hydrogen-bond donors (Lipinski definition) is 3. The fourth-order valence-electron chi connectivity index (χ4n) is 5.83. The van der Waals surface area contributed by atoms with E-state index in [2.05, 4.69) is 46.2 Å². The molecule has 1 aromatic heterocycles. The zero-order valence-corrected chi connectivity index (χ0v) is 23.6. The zero-order chi connectivity index (χ0) is 28.8. The Morgan fingerprint density at radius 1 is 1.23 bits per heavy atom. The number of allylic oxidation sites excluding steroid dienone is 3. The van der Waals surface area contributed by atoms with E-state index in [9.17, 15) is 14.9 Å². The van der Waals surface area contributed by atoms with Crippen LogP contribution < -0.4 is 15.5 Å². The number of carbonyl (C=O) groups excluding carboxylic acids is 2. The highest BCUT2D eigenvalue weighted by molar-refractivity contribution is 5.88. The second-order valence-electron chi connectivity index (χ2n) is 10.7. The maximum absolute atomic E-state index is 13.2. The number of likely N-dealkylation sites (tertiary alicyclic amines) is 1. The van der Waals surface area contributed by atoms with Crippen molar-refractivity contribution in [3.05, 3.63) is 42.4 Å². The Balaban J connectivity index is 1.63. The number of nitriles is 1. The standard InChI is InChI=1S/C29H39N9O2/c1-5-26(39)37-17-20(3)38(18-19(37)2)27-25(16-33-29(35-27)34-23(13-30)15-32-4)21-8-10-22(11-9-21)28(40)36-12-6-7-24(36)14-31/h5,8,13,15-16,19-20,22,24,30,32H,1,6-7,9-12,17-18H2,2-4H3,(H,33,34,35)/b23-15+,30-13?/t19-,20+,22?,24+/m1/s1. The van der Waals surface area contributed by atoms with E-state index in [-0.39, 0.29) is 35.9 Å². The topological polar surface area (TPSA) is 141 Å². The first-order chi connectivity index (χ1) is 19.3. The summed E-state index contributed by atoms with van der Waals surface area (Å²) in [5.41, 5.74) is 2.51. The monoisotopic (exact) mass is 545 g/mol. The zero-order valence-electron chi connectivity index (χ0n) is 23.6. The van der Waals surface area contributed by atoms with Crippen molar-refractivity contribution >= 4 is 35.4 Å². The summed E-state index contributed by atoms with van der Waals surface area (Å²) >= 11 is 0. The number of amides is 2. The lowest BCUT2D eigenvalue weighted by molar-refractivity contribution is -0.135. The first-order valence-corrected chi connectivity index (χ1v) is 13.9. The highest BCUT2D eigenvalue weighted by Crippen LogP contribution is 2.37. The Morgan fingerprint density at radius 3 is 2.67 bits per heavy atom. The molecular formula is C29H39N9O2. The number of carbonyl (C=O) groups is 2. The fourth-order valence-corrected chi connectivity index (χ4v) is 5.83. The minimum Gasteiger partial charge on any atom is -0.392 e. The molecule has 2 aliphatic heterocycles. The average Bonchev–Trinajstić information content (AvgIpc) is 3.46. The SMILES string of the molecule is C=CC(=O)N1C[C@H](C)N(c2nc(N/C(C=N)=C/NC)ncc2C2=CCC(C(=O)N3CCC[C@H]3C#N)CC2)C[C@H]1C. The molecule has 40 heavy (non-hydrogen) atoms. The first kappa shape index (κ1) is 28.8. The Labute approximate surface area is 236 Å². The summed E-state index contributed by atoms with van der Waals surface area (Å²) in [6.45, 7) is 9.53. The Kier molecular flexibility index (Phi) is 9.19. The number of rotatable bonds is 8. The van der Waals surface area contributed by atoms with Gasteiger partial charge in [-0.1, -0.05) is 12.7 Å². The van der Waals surface area contributed by atoms with Gasteiger partial charge in [0.15, 0.2) is 0 Å². The van der Waals surface area contributed by atoms with Gasteiger partial charge in [-0.15, -0.1) is 0 Å². The Hall–Kier alpha value is -4.20. The van der Waals surface area contributed by atoms with Crippen LogP contribution in [0.25, 0.3) is 5.57 Å². The van der Waals surface area contributed by atoms with Gasteiger partial charge < -0.3 is 30.7 Å². The average molecular weight is 546 g/mol. The van der Waals surface area contributed by atoms with Crippen LogP contribution in [-0.4, -0.2) is 82.6 Å². The second-order valence-corrected chi connectivity index (χ2v) is 10.7. The maximum Gasteiger partial charge on any atom is 0.246 e. The van der Waals surface area contributed by atoms with Crippen LogP contribution in [0.15, 0.2) is 36.8 Å². The predicted molar refractivity (Wildman–Crippen MR) is 155 cm³/mol. The summed E-state index contributed by atoms with van der Waals surface area (Å²) in [6, 6.07) is 1.92. The lowest BCUT2D eigenvalue weighted by Crippen LogP contribution is -2.58. The molecule has 4 rings (SSSR count). The molecule has 11 nitrogen and oxygen atoms in total. The largest absolute Gasteiger partial charge is 0.392 e. The summed E-state index contributed by atoms with van der Waals surface area (Å²) in [5.74, 6) is 0.999. The van der Waals surface area contributed by atoms with Crippen LogP contribution in [0.3, 0.4) is 0 Å². The van der Waals surface area contributed by atoms with Crippen molar-refractivity contribution in [3.63, 3.8) is 0 Å². The minimum absolute atomic E-state index is 0.00624. The van der Waals surface area contributed by atoms with Crippen molar-refractivity contribution in [1.82, 2.24) is 25.1 Å². The normalized spacial score (nSPS) is 25.1. The van der Waals surface area contributed by atoms with E-state index < -0.39 is 0 Å². The number of hydrogen-bond acceptors (Lipinski definition) is 9. The molecule has 0 saturated carbocycles. The lowest BCUT2D eigenvalue weighted by Gasteiger charge is -2.45. The van der Waals surface area contributed by atoms with Crippen molar-refractivity contribution in [3.8, 4) is 6.07 Å². The molecule has 3 heterocycles. The first-order valence-electron chi connectivity index (χ1n) is 13.9. The van der Waals surface area contributed by atoms with E-state index in [0.717, 1.165) is 29.8 Å². The van der Waals surface area contributed by atoms with Gasteiger partial charge in [0.25, 0.3) is 0 Å². The van der Waals surface area contributed by atoms with Gasteiger partial charge in [0.1, 0.15) is 11.9 Å². The van der Waals surface area contributed by atoms with Crippen molar-refractivity contribution < 1.29 is 9.59 Å². The lowest BCUT2D eigenvalue weighted by atomic mass is 9.86. The quantitative estimate of drug-likeness (QED) is 0.334. The maximum atomic E-state index is 13.2. The van der Waals surface area contributed by atoms with Gasteiger partial charge >= 0.3 is 0 Å². The highest BCUT2D eigenvalue weighted by Gasteiger charge is 2.36. The van der Waals surface area contributed by atoms with E-state index in [1.165, 1.54) is 12.3 Å². The summed E-state index contributed by atoms with van der Waals surface area (Å²) in [6.07, 6.45) is 11.8.